The summed E-state index contributed by atoms with van der Waals surface area (Å²) in [5, 5.41) is 25.2. The van der Waals surface area contributed by atoms with Gasteiger partial charge in [0.25, 0.3) is 5.91 Å². The van der Waals surface area contributed by atoms with Gasteiger partial charge in [0, 0.05) is 5.56 Å². The van der Waals surface area contributed by atoms with E-state index >= 15 is 0 Å². The van der Waals surface area contributed by atoms with Crippen LogP contribution >= 0.6 is 0 Å². The molecule has 1 heterocycles. The van der Waals surface area contributed by atoms with Gasteiger partial charge in [-0.1, -0.05) is 11.2 Å². The molecule has 0 radical (unpaired) electrons. The lowest BCUT2D eigenvalue weighted by molar-refractivity contribution is 0.101. The molecule has 1 amide bonds. The number of carbonyl (C=O) groups is 1. The molecule has 0 aliphatic heterocycles. The van der Waals surface area contributed by atoms with Crippen LogP contribution in [0, 0.1) is 13.8 Å². The quantitative estimate of drug-likeness (QED) is 0.755. The van der Waals surface area contributed by atoms with Crippen LogP contribution in [-0.2, 0) is 0 Å². The van der Waals surface area contributed by atoms with Crippen LogP contribution in [0.1, 0.15) is 21.6 Å². The predicted octanol–water partition coefficient (Wildman–Crippen LogP) is 1.95. The van der Waals surface area contributed by atoms with E-state index in [0.29, 0.717) is 11.3 Å². The average Bonchev–Trinajstić information content (AvgIpc) is 2.61. The van der Waals surface area contributed by atoms with Crippen molar-refractivity contribution in [2.45, 2.75) is 13.8 Å². The van der Waals surface area contributed by atoms with Gasteiger partial charge in [-0.15, -0.1) is 0 Å². The highest BCUT2D eigenvalue weighted by Crippen LogP contribution is 2.28. The Labute approximate surface area is 103 Å². The molecule has 0 unspecified atom stereocenters. The largest absolute Gasteiger partial charge is 0.507 e. The Balaban J connectivity index is 2.31. The number of phenols is 2. The zero-order valence-electron chi connectivity index (χ0n) is 9.89. The highest BCUT2D eigenvalue weighted by molar-refractivity contribution is 6.07. The maximum atomic E-state index is 11.9. The minimum Gasteiger partial charge on any atom is -0.507 e. The molecule has 0 aliphatic carbocycles. The van der Waals surface area contributed by atoms with Crippen molar-refractivity contribution in [3.05, 3.63) is 35.0 Å². The van der Waals surface area contributed by atoms with E-state index in [1.54, 1.807) is 13.8 Å². The fraction of sp³-hybridized carbons (Fsp3) is 0.167. The van der Waals surface area contributed by atoms with Crippen LogP contribution in [0.15, 0.2) is 22.7 Å². The summed E-state index contributed by atoms with van der Waals surface area (Å²) in [6.07, 6.45) is 0. The Morgan fingerprint density at radius 2 is 1.89 bits per heavy atom. The van der Waals surface area contributed by atoms with Crippen molar-refractivity contribution in [2.24, 2.45) is 0 Å². The summed E-state index contributed by atoms with van der Waals surface area (Å²) in [7, 11) is 0. The molecule has 3 N–H and O–H groups in total. The van der Waals surface area contributed by atoms with Crippen LogP contribution in [0.4, 0.5) is 5.88 Å². The molecule has 0 saturated carbocycles. The fourth-order valence-electron chi connectivity index (χ4n) is 1.46. The number of nitrogens with zero attached hydrogens (tertiary/aromatic N) is 1. The maximum absolute atomic E-state index is 11.9. The van der Waals surface area contributed by atoms with Gasteiger partial charge in [-0.25, -0.2) is 0 Å². The number of benzene rings is 1. The highest BCUT2D eigenvalue weighted by Gasteiger charge is 2.19. The fourth-order valence-corrected chi connectivity index (χ4v) is 1.46. The number of anilines is 1. The van der Waals surface area contributed by atoms with Crippen molar-refractivity contribution < 1.29 is 19.5 Å². The monoisotopic (exact) mass is 248 g/mol. The summed E-state index contributed by atoms with van der Waals surface area (Å²) < 4.78 is 4.92. The van der Waals surface area contributed by atoms with Gasteiger partial charge in [0.1, 0.15) is 17.1 Å². The van der Waals surface area contributed by atoms with Gasteiger partial charge in [0.2, 0.25) is 5.88 Å². The van der Waals surface area contributed by atoms with Crippen molar-refractivity contribution in [1.29, 1.82) is 0 Å². The molecule has 1 aromatic heterocycles. The Morgan fingerprint density at radius 1 is 1.28 bits per heavy atom. The third-order valence-electron chi connectivity index (χ3n) is 2.63. The second kappa shape index (κ2) is 4.40. The summed E-state index contributed by atoms with van der Waals surface area (Å²) in [4.78, 5) is 11.9. The molecule has 0 fully saturated rings. The van der Waals surface area contributed by atoms with Crippen molar-refractivity contribution >= 4 is 11.8 Å². The first-order valence-corrected chi connectivity index (χ1v) is 5.26. The van der Waals surface area contributed by atoms with Crippen LogP contribution in [0.2, 0.25) is 0 Å². The number of phenolic OH excluding ortho intramolecular Hbond substituents is 2. The zero-order chi connectivity index (χ0) is 13.3. The first-order chi connectivity index (χ1) is 8.50. The van der Waals surface area contributed by atoms with Gasteiger partial charge >= 0.3 is 0 Å². The van der Waals surface area contributed by atoms with Gasteiger partial charge in [0.05, 0.1) is 5.69 Å². The van der Waals surface area contributed by atoms with E-state index in [-0.39, 0.29) is 22.9 Å². The van der Waals surface area contributed by atoms with Crippen molar-refractivity contribution in [3.8, 4) is 11.5 Å². The van der Waals surface area contributed by atoms with E-state index < -0.39 is 5.91 Å². The minimum atomic E-state index is -0.662. The van der Waals surface area contributed by atoms with Crippen LogP contribution < -0.4 is 5.32 Å². The summed E-state index contributed by atoms with van der Waals surface area (Å²) in [6, 6.07) is 4.06. The standard InChI is InChI=1S/C12H12N2O4/c1-6-7(2)14-18-12(6)13-11(17)10-8(15)4-3-5-9(10)16/h3-5,15-16H,1-2H3,(H,13,17). The van der Waals surface area contributed by atoms with E-state index in [1.807, 2.05) is 0 Å². The molecule has 2 rings (SSSR count). The highest BCUT2D eigenvalue weighted by atomic mass is 16.5. The average molecular weight is 248 g/mol. The molecule has 0 spiro atoms. The lowest BCUT2D eigenvalue weighted by Gasteiger charge is -2.06. The molecule has 2 aromatic rings. The number of amides is 1. The van der Waals surface area contributed by atoms with Crippen molar-refractivity contribution in [1.82, 2.24) is 5.16 Å². The second-order valence-corrected chi connectivity index (χ2v) is 3.85. The molecular formula is C12H12N2O4. The number of carbonyl (C=O) groups excluding carboxylic acids is 1. The van der Waals surface area contributed by atoms with Crippen LogP contribution in [-0.4, -0.2) is 21.3 Å². The van der Waals surface area contributed by atoms with Crippen LogP contribution in [0.3, 0.4) is 0 Å². The maximum Gasteiger partial charge on any atom is 0.265 e. The molecule has 0 aliphatic rings. The van der Waals surface area contributed by atoms with Gasteiger partial charge in [-0.2, -0.15) is 0 Å². The number of hydrogen-bond acceptors (Lipinski definition) is 5. The number of nitrogens with one attached hydrogen (secondary N) is 1. The normalized spacial score (nSPS) is 10.3. The lowest BCUT2D eigenvalue weighted by Crippen LogP contribution is -2.12. The number of hydrogen-bond donors (Lipinski definition) is 3. The van der Waals surface area contributed by atoms with E-state index in [4.69, 9.17) is 4.52 Å². The summed E-state index contributed by atoms with van der Waals surface area (Å²) in [5.74, 6) is -1.08. The molecule has 0 atom stereocenters. The number of aryl methyl sites for hydroxylation is 1. The molecule has 6 heteroatoms. The van der Waals surface area contributed by atoms with Crippen molar-refractivity contribution in [3.63, 3.8) is 0 Å². The topological polar surface area (TPSA) is 95.6 Å². The molecule has 0 bridgehead atoms. The molecular weight excluding hydrogens is 236 g/mol. The predicted molar refractivity (Wildman–Crippen MR) is 63.7 cm³/mol. The summed E-state index contributed by atoms with van der Waals surface area (Å²) in [6.45, 7) is 3.48. The molecule has 1 aromatic carbocycles. The number of aromatic hydroxyl groups is 2. The Hall–Kier alpha value is -2.50. The summed E-state index contributed by atoms with van der Waals surface area (Å²) >= 11 is 0. The molecule has 6 nitrogen and oxygen atoms in total. The zero-order valence-corrected chi connectivity index (χ0v) is 9.89. The van der Waals surface area contributed by atoms with Gasteiger partial charge in [0.15, 0.2) is 0 Å². The van der Waals surface area contributed by atoms with E-state index in [2.05, 4.69) is 10.5 Å². The third-order valence-corrected chi connectivity index (χ3v) is 2.63. The number of aromatic nitrogens is 1. The van der Waals surface area contributed by atoms with Gasteiger partial charge < -0.3 is 14.7 Å². The lowest BCUT2D eigenvalue weighted by atomic mass is 10.1. The van der Waals surface area contributed by atoms with E-state index in [0.717, 1.165) is 0 Å². The second-order valence-electron chi connectivity index (χ2n) is 3.85. The van der Waals surface area contributed by atoms with Crippen LogP contribution in [0.5, 0.6) is 11.5 Å². The Bertz CT molecular complexity index is 584. The molecule has 18 heavy (non-hydrogen) atoms. The molecule has 0 saturated heterocycles. The Kier molecular flexibility index (Phi) is 2.93. The number of rotatable bonds is 2. The van der Waals surface area contributed by atoms with Crippen LogP contribution in [0.25, 0.3) is 0 Å². The van der Waals surface area contributed by atoms with E-state index in [1.165, 1.54) is 18.2 Å². The smallest absolute Gasteiger partial charge is 0.265 e. The first kappa shape index (κ1) is 12.0. The van der Waals surface area contributed by atoms with Gasteiger partial charge in [-0.3, -0.25) is 10.1 Å². The minimum absolute atomic E-state index is 0.195. The van der Waals surface area contributed by atoms with Gasteiger partial charge in [-0.05, 0) is 26.0 Å². The third kappa shape index (κ3) is 2.00. The SMILES string of the molecule is Cc1noc(NC(=O)c2c(O)cccc2O)c1C. The summed E-state index contributed by atoms with van der Waals surface area (Å²) in [5.41, 5.74) is 1.15. The van der Waals surface area contributed by atoms with Crippen molar-refractivity contribution in [2.75, 3.05) is 5.32 Å². The molecule has 94 valence electrons. The first-order valence-electron chi connectivity index (χ1n) is 5.26. The van der Waals surface area contributed by atoms with E-state index in [9.17, 15) is 15.0 Å². The Morgan fingerprint density at radius 3 is 2.39 bits per heavy atom.